The first-order valence-electron chi connectivity index (χ1n) is 6.11. The molecule has 17 heavy (non-hydrogen) atoms. The van der Waals surface area contributed by atoms with Gasteiger partial charge in [0.15, 0.2) is 0 Å². The molecule has 1 aromatic heterocycles. The number of nitrogens with one attached hydrogen (secondary N) is 2. The van der Waals surface area contributed by atoms with E-state index in [0.717, 1.165) is 12.1 Å². The van der Waals surface area contributed by atoms with Crippen LogP contribution in [-0.2, 0) is 6.42 Å². The van der Waals surface area contributed by atoms with Gasteiger partial charge in [-0.25, -0.2) is 0 Å². The van der Waals surface area contributed by atoms with Gasteiger partial charge in [0.25, 0.3) is 0 Å². The summed E-state index contributed by atoms with van der Waals surface area (Å²) < 4.78 is 0. The van der Waals surface area contributed by atoms with Crippen molar-refractivity contribution in [2.75, 3.05) is 7.05 Å². The summed E-state index contributed by atoms with van der Waals surface area (Å²) in [7, 11) is 2.02. The van der Waals surface area contributed by atoms with E-state index in [1.165, 1.54) is 28.8 Å². The van der Waals surface area contributed by atoms with Crippen LogP contribution in [0.3, 0.4) is 0 Å². The smallest absolute Gasteiger partial charge is 0.0971 e. The first-order chi connectivity index (χ1) is 8.29. The summed E-state index contributed by atoms with van der Waals surface area (Å²) in [5.74, 6) is 0. The van der Waals surface area contributed by atoms with Crippen molar-refractivity contribution >= 4 is 0 Å². The normalized spacial score (nSPS) is 18.4. The standard InChI is InChI=1S/C14H17N3/c1-9-4-3-5-10(8-9)14-13-11(15-2)6-7-12(13)16-17-14/h3-5,8,11,15H,6-7H2,1-2H3,(H,16,17). The molecule has 3 heteroatoms. The molecule has 0 amide bonds. The summed E-state index contributed by atoms with van der Waals surface area (Å²) in [5, 5.41) is 11.0. The highest BCUT2D eigenvalue weighted by atomic mass is 15.1. The van der Waals surface area contributed by atoms with Crippen LogP contribution < -0.4 is 5.32 Å². The van der Waals surface area contributed by atoms with Gasteiger partial charge in [-0.2, -0.15) is 5.10 Å². The van der Waals surface area contributed by atoms with E-state index < -0.39 is 0 Å². The second-order valence-electron chi connectivity index (χ2n) is 4.71. The van der Waals surface area contributed by atoms with Crippen LogP contribution in [0.2, 0.25) is 0 Å². The number of rotatable bonds is 2. The minimum absolute atomic E-state index is 0.444. The van der Waals surface area contributed by atoms with Crippen molar-refractivity contribution in [1.29, 1.82) is 0 Å². The van der Waals surface area contributed by atoms with E-state index in [0.29, 0.717) is 6.04 Å². The maximum Gasteiger partial charge on any atom is 0.0971 e. The lowest BCUT2D eigenvalue weighted by Crippen LogP contribution is -2.13. The highest BCUT2D eigenvalue weighted by Crippen LogP contribution is 2.36. The number of aryl methyl sites for hydroxylation is 2. The largest absolute Gasteiger partial charge is 0.313 e. The maximum atomic E-state index is 4.48. The first kappa shape index (κ1) is 10.5. The summed E-state index contributed by atoms with van der Waals surface area (Å²) >= 11 is 0. The second kappa shape index (κ2) is 4.00. The zero-order valence-electron chi connectivity index (χ0n) is 10.2. The van der Waals surface area contributed by atoms with E-state index in [1.807, 2.05) is 7.05 Å². The van der Waals surface area contributed by atoms with Crippen molar-refractivity contribution in [2.24, 2.45) is 0 Å². The fourth-order valence-corrected chi connectivity index (χ4v) is 2.69. The van der Waals surface area contributed by atoms with Gasteiger partial charge in [0.2, 0.25) is 0 Å². The van der Waals surface area contributed by atoms with Crippen LogP contribution in [0.1, 0.15) is 29.3 Å². The van der Waals surface area contributed by atoms with Gasteiger partial charge < -0.3 is 5.32 Å². The molecular formula is C14H17N3. The van der Waals surface area contributed by atoms with Gasteiger partial charge in [0, 0.05) is 22.9 Å². The molecule has 0 radical (unpaired) electrons. The van der Waals surface area contributed by atoms with E-state index in [1.54, 1.807) is 0 Å². The molecule has 1 unspecified atom stereocenters. The number of hydrogen-bond donors (Lipinski definition) is 2. The SMILES string of the molecule is CNC1CCc2[nH]nc(-c3cccc(C)c3)c21. The summed E-state index contributed by atoms with van der Waals surface area (Å²) in [5.41, 5.74) is 6.25. The Morgan fingerprint density at radius 2 is 2.29 bits per heavy atom. The molecule has 0 saturated carbocycles. The molecule has 1 aliphatic rings. The number of aromatic nitrogens is 2. The third-order valence-corrected chi connectivity index (χ3v) is 3.55. The van der Waals surface area contributed by atoms with E-state index >= 15 is 0 Å². The van der Waals surface area contributed by atoms with Crippen LogP contribution >= 0.6 is 0 Å². The van der Waals surface area contributed by atoms with E-state index in [4.69, 9.17) is 0 Å². The Labute approximate surface area is 101 Å². The Hall–Kier alpha value is -1.61. The molecule has 0 bridgehead atoms. The number of benzene rings is 1. The molecule has 0 spiro atoms. The summed E-state index contributed by atoms with van der Waals surface area (Å²) in [6, 6.07) is 8.98. The molecule has 3 rings (SSSR count). The van der Waals surface area contributed by atoms with Gasteiger partial charge in [-0.3, -0.25) is 5.10 Å². The first-order valence-corrected chi connectivity index (χ1v) is 6.11. The Balaban J connectivity index is 2.11. The number of H-pyrrole nitrogens is 1. The summed E-state index contributed by atoms with van der Waals surface area (Å²) in [4.78, 5) is 0. The second-order valence-corrected chi connectivity index (χ2v) is 4.71. The Morgan fingerprint density at radius 3 is 3.06 bits per heavy atom. The van der Waals surface area contributed by atoms with Crippen LogP contribution in [0.5, 0.6) is 0 Å². The van der Waals surface area contributed by atoms with E-state index in [2.05, 4.69) is 46.7 Å². The molecule has 0 aliphatic heterocycles. The zero-order chi connectivity index (χ0) is 11.8. The fraction of sp³-hybridized carbons (Fsp3) is 0.357. The van der Waals surface area contributed by atoms with Crippen LogP contribution in [0.25, 0.3) is 11.3 Å². The average molecular weight is 227 g/mol. The molecule has 1 heterocycles. The molecule has 0 saturated heterocycles. The van der Waals surface area contributed by atoms with Crippen molar-refractivity contribution in [3.05, 3.63) is 41.1 Å². The van der Waals surface area contributed by atoms with Crippen LogP contribution in [0.15, 0.2) is 24.3 Å². The van der Waals surface area contributed by atoms with Crippen LogP contribution in [0, 0.1) is 6.92 Å². The van der Waals surface area contributed by atoms with E-state index in [-0.39, 0.29) is 0 Å². The molecule has 1 aromatic carbocycles. The van der Waals surface area contributed by atoms with Crippen LogP contribution in [-0.4, -0.2) is 17.2 Å². The fourth-order valence-electron chi connectivity index (χ4n) is 2.69. The van der Waals surface area contributed by atoms with Gasteiger partial charge in [0.1, 0.15) is 0 Å². The zero-order valence-corrected chi connectivity index (χ0v) is 10.2. The minimum Gasteiger partial charge on any atom is -0.313 e. The molecule has 1 aliphatic carbocycles. The Kier molecular flexibility index (Phi) is 2.48. The minimum atomic E-state index is 0.444. The third-order valence-electron chi connectivity index (χ3n) is 3.55. The van der Waals surface area contributed by atoms with Crippen molar-refractivity contribution in [3.63, 3.8) is 0 Å². The molecule has 88 valence electrons. The molecule has 2 aromatic rings. The molecule has 3 nitrogen and oxygen atoms in total. The third kappa shape index (κ3) is 1.67. The number of nitrogens with zero attached hydrogens (tertiary/aromatic N) is 1. The highest BCUT2D eigenvalue weighted by Gasteiger charge is 2.27. The molecule has 2 N–H and O–H groups in total. The van der Waals surface area contributed by atoms with Crippen molar-refractivity contribution in [3.8, 4) is 11.3 Å². The maximum absolute atomic E-state index is 4.48. The lowest BCUT2D eigenvalue weighted by molar-refractivity contribution is 0.588. The van der Waals surface area contributed by atoms with Gasteiger partial charge in [0.05, 0.1) is 5.69 Å². The van der Waals surface area contributed by atoms with E-state index in [9.17, 15) is 0 Å². The average Bonchev–Trinajstić information content (AvgIpc) is 2.89. The molecule has 0 fully saturated rings. The quantitative estimate of drug-likeness (QED) is 0.828. The Bertz CT molecular complexity index is 542. The van der Waals surface area contributed by atoms with Gasteiger partial charge in [-0.1, -0.05) is 23.8 Å². The van der Waals surface area contributed by atoms with Gasteiger partial charge in [-0.05, 0) is 32.9 Å². The van der Waals surface area contributed by atoms with Gasteiger partial charge >= 0.3 is 0 Å². The Morgan fingerprint density at radius 1 is 1.41 bits per heavy atom. The van der Waals surface area contributed by atoms with Gasteiger partial charge in [-0.15, -0.1) is 0 Å². The molecule has 1 atom stereocenters. The van der Waals surface area contributed by atoms with Crippen LogP contribution in [0.4, 0.5) is 0 Å². The predicted molar refractivity (Wildman–Crippen MR) is 68.9 cm³/mol. The van der Waals surface area contributed by atoms with Crippen molar-refractivity contribution in [2.45, 2.75) is 25.8 Å². The highest BCUT2D eigenvalue weighted by molar-refractivity contribution is 5.66. The number of hydrogen-bond acceptors (Lipinski definition) is 2. The number of aromatic amines is 1. The predicted octanol–water partition coefficient (Wildman–Crippen LogP) is 2.59. The van der Waals surface area contributed by atoms with Crippen molar-refractivity contribution in [1.82, 2.24) is 15.5 Å². The lowest BCUT2D eigenvalue weighted by atomic mass is 10.0. The lowest BCUT2D eigenvalue weighted by Gasteiger charge is -2.10. The topological polar surface area (TPSA) is 40.7 Å². The summed E-state index contributed by atoms with van der Waals surface area (Å²) in [6.07, 6.45) is 2.26. The number of fused-ring (bicyclic) bond motifs is 1. The summed E-state index contributed by atoms with van der Waals surface area (Å²) in [6.45, 7) is 2.12. The molecular weight excluding hydrogens is 210 g/mol. The monoisotopic (exact) mass is 227 g/mol. The van der Waals surface area contributed by atoms with Crippen molar-refractivity contribution < 1.29 is 0 Å².